The first-order valence-electron chi connectivity index (χ1n) is 4.16. The number of nitrogens with two attached hydrogens (primary N) is 1. The second kappa shape index (κ2) is 3.37. The first-order chi connectivity index (χ1) is 6.18. The van der Waals surface area contributed by atoms with Crippen molar-refractivity contribution in [3.63, 3.8) is 0 Å². The van der Waals surface area contributed by atoms with Gasteiger partial charge in [0.15, 0.2) is 0 Å². The molecule has 0 spiro atoms. The van der Waals surface area contributed by atoms with E-state index in [9.17, 15) is 0 Å². The van der Waals surface area contributed by atoms with Gasteiger partial charge in [-0.25, -0.2) is 0 Å². The monoisotopic (exact) mass is 216 g/mol. The Morgan fingerprint density at radius 3 is 2.23 bits per heavy atom. The summed E-state index contributed by atoms with van der Waals surface area (Å²) in [4.78, 5) is 0. The molecule has 70 valence electrons. The van der Waals surface area contributed by atoms with Gasteiger partial charge in [0.2, 0.25) is 0 Å². The van der Waals surface area contributed by atoms with Gasteiger partial charge in [-0.1, -0.05) is 23.2 Å². The summed E-state index contributed by atoms with van der Waals surface area (Å²) in [6.45, 7) is 1.06. The van der Waals surface area contributed by atoms with Gasteiger partial charge in [-0.3, -0.25) is 0 Å². The Morgan fingerprint density at radius 1 is 1.31 bits per heavy atom. The second-order valence-corrected chi connectivity index (χ2v) is 4.01. The molecule has 4 heteroatoms. The Morgan fingerprint density at radius 2 is 1.85 bits per heavy atom. The maximum absolute atomic E-state index is 5.91. The molecule has 1 saturated heterocycles. The number of hydrogen-bond acceptors (Lipinski definition) is 2. The summed E-state index contributed by atoms with van der Waals surface area (Å²) in [6.07, 6.45) is 1.14. The van der Waals surface area contributed by atoms with Gasteiger partial charge < -0.3 is 11.1 Å². The average Bonchev–Trinajstić information content (AvgIpc) is 1.96. The lowest BCUT2D eigenvalue weighted by molar-refractivity contribution is 0.383. The van der Waals surface area contributed by atoms with Crippen molar-refractivity contribution in [3.05, 3.63) is 27.7 Å². The van der Waals surface area contributed by atoms with Gasteiger partial charge >= 0.3 is 0 Å². The number of halogens is 2. The van der Waals surface area contributed by atoms with Crippen LogP contribution in [0.2, 0.25) is 10.0 Å². The van der Waals surface area contributed by atoms with E-state index in [0.29, 0.717) is 21.8 Å². The van der Waals surface area contributed by atoms with E-state index in [1.165, 1.54) is 0 Å². The van der Waals surface area contributed by atoms with Crippen molar-refractivity contribution in [3.8, 4) is 0 Å². The lowest BCUT2D eigenvalue weighted by Crippen LogP contribution is -2.34. The van der Waals surface area contributed by atoms with Gasteiger partial charge in [0, 0.05) is 6.04 Å². The van der Waals surface area contributed by atoms with Crippen LogP contribution in [0, 0.1) is 0 Å². The first-order valence-corrected chi connectivity index (χ1v) is 4.92. The van der Waals surface area contributed by atoms with Gasteiger partial charge in [0.1, 0.15) is 0 Å². The molecule has 1 aliphatic rings. The SMILES string of the molecule is Nc1c(Cl)cc(C2CCN2)cc1Cl. The third-order valence-corrected chi connectivity index (χ3v) is 2.95. The van der Waals surface area contributed by atoms with Crippen LogP contribution in [0.3, 0.4) is 0 Å². The van der Waals surface area contributed by atoms with Gasteiger partial charge in [-0.2, -0.15) is 0 Å². The van der Waals surface area contributed by atoms with E-state index in [4.69, 9.17) is 28.9 Å². The summed E-state index contributed by atoms with van der Waals surface area (Å²) >= 11 is 11.8. The highest BCUT2D eigenvalue weighted by molar-refractivity contribution is 6.38. The second-order valence-electron chi connectivity index (χ2n) is 3.19. The highest BCUT2D eigenvalue weighted by atomic mass is 35.5. The van der Waals surface area contributed by atoms with Crippen LogP contribution in [0.5, 0.6) is 0 Å². The molecule has 1 fully saturated rings. The van der Waals surface area contributed by atoms with Crippen LogP contribution < -0.4 is 11.1 Å². The molecule has 1 unspecified atom stereocenters. The lowest BCUT2D eigenvalue weighted by Gasteiger charge is -2.28. The van der Waals surface area contributed by atoms with Crippen molar-refractivity contribution >= 4 is 28.9 Å². The maximum atomic E-state index is 5.91. The van der Waals surface area contributed by atoms with Crippen molar-refractivity contribution in [2.75, 3.05) is 12.3 Å². The van der Waals surface area contributed by atoms with E-state index in [1.807, 2.05) is 12.1 Å². The largest absolute Gasteiger partial charge is 0.396 e. The summed E-state index contributed by atoms with van der Waals surface area (Å²) in [6, 6.07) is 4.15. The van der Waals surface area contributed by atoms with Crippen LogP contribution in [-0.4, -0.2) is 6.54 Å². The topological polar surface area (TPSA) is 38.0 Å². The fourth-order valence-corrected chi connectivity index (χ4v) is 1.88. The molecule has 0 radical (unpaired) electrons. The average molecular weight is 217 g/mol. The molecule has 2 rings (SSSR count). The number of anilines is 1. The Hall–Kier alpha value is -0.440. The van der Waals surface area contributed by atoms with Gasteiger partial charge in [-0.05, 0) is 30.7 Å². The molecule has 1 aromatic rings. The number of hydrogen-bond donors (Lipinski definition) is 2. The molecular formula is C9H10Cl2N2. The lowest BCUT2D eigenvalue weighted by atomic mass is 9.98. The standard InChI is InChI=1S/C9H10Cl2N2/c10-6-3-5(8-1-2-13-8)4-7(11)9(6)12/h3-4,8,13H,1-2,12H2. The van der Waals surface area contributed by atoms with Crippen molar-refractivity contribution < 1.29 is 0 Å². The van der Waals surface area contributed by atoms with Gasteiger partial charge in [0.25, 0.3) is 0 Å². The Bertz CT molecular complexity index is 311. The van der Waals surface area contributed by atoms with Crippen LogP contribution in [0.25, 0.3) is 0 Å². The Kier molecular flexibility index (Phi) is 2.37. The smallest absolute Gasteiger partial charge is 0.0693 e. The highest BCUT2D eigenvalue weighted by Crippen LogP contribution is 2.33. The minimum absolute atomic E-state index is 0.399. The summed E-state index contributed by atoms with van der Waals surface area (Å²) in [5.74, 6) is 0. The van der Waals surface area contributed by atoms with Crippen LogP contribution in [0.15, 0.2) is 12.1 Å². The summed E-state index contributed by atoms with van der Waals surface area (Å²) in [5.41, 5.74) is 7.21. The molecule has 0 saturated carbocycles. The molecule has 1 aliphatic heterocycles. The van der Waals surface area contributed by atoms with E-state index in [0.717, 1.165) is 18.5 Å². The Labute approximate surface area is 87.0 Å². The zero-order chi connectivity index (χ0) is 9.42. The van der Waals surface area contributed by atoms with E-state index in [2.05, 4.69) is 5.32 Å². The van der Waals surface area contributed by atoms with Crippen LogP contribution in [-0.2, 0) is 0 Å². The van der Waals surface area contributed by atoms with E-state index >= 15 is 0 Å². The maximum Gasteiger partial charge on any atom is 0.0693 e. The predicted octanol–water partition coefficient (Wildman–Crippen LogP) is 2.61. The normalized spacial score (nSPS) is 21.2. The first kappa shape index (κ1) is 9.13. The van der Waals surface area contributed by atoms with E-state index in [-0.39, 0.29) is 0 Å². The summed E-state index contributed by atoms with van der Waals surface area (Å²) in [7, 11) is 0. The fourth-order valence-electron chi connectivity index (χ4n) is 1.38. The minimum atomic E-state index is 0.399. The summed E-state index contributed by atoms with van der Waals surface area (Å²) < 4.78 is 0. The molecule has 0 aromatic heterocycles. The molecular weight excluding hydrogens is 207 g/mol. The van der Waals surface area contributed by atoms with Crippen molar-refractivity contribution in [2.45, 2.75) is 12.5 Å². The molecule has 0 amide bonds. The Balaban J connectivity index is 2.37. The molecule has 1 aromatic carbocycles. The molecule has 3 N–H and O–H groups in total. The number of benzene rings is 1. The third-order valence-electron chi connectivity index (χ3n) is 2.33. The highest BCUT2D eigenvalue weighted by Gasteiger charge is 2.19. The molecule has 2 nitrogen and oxygen atoms in total. The van der Waals surface area contributed by atoms with Gasteiger partial charge in [-0.15, -0.1) is 0 Å². The molecule has 1 atom stereocenters. The zero-order valence-corrected chi connectivity index (χ0v) is 8.49. The quantitative estimate of drug-likeness (QED) is 0.709. The van der Waals surface area contributed by atoms with Crippen molar-refractivity contribution in [2.24, 2.45) is 0 Å². The molecule has 1 heterocycles. The van der Waals surface area contributed by atoms with Crippen LogP contribution in [0.1, 0.15) is 18.0 Å². The van der Waals surface area contributed by atoms with E-state index < -0.39 is 0 Å². The van der Waals surface area contributed by atoms with Crippen LogP contribution in [0.4, 0.5) is 5.69 Å². The summed E-state index contributed by atoms with van der Waals surface area (Å²) in [5, 5.41) is 4.35. The van der Waals surface area contributed by atoms with Crippen molar-refractivity contribution in [1.29, 1.82) is 0 Å². The number of nitrogen functional groups attached to an aromatic ring is 1. The molecule has 0 bridgehead atoms. The fraction of sp³-hybridized carbons (Fsp3) is 0.333. The van der Waals surface area contributed by atoms with Crippen LogP contribution >= 0.6 is 23.2 Å². The minimum Gasteiger partial charge on any atom is -0.396 e. The van der Waals surface area contributed by atoms with Gasteiger partial charge in [0.05, 0.1) is 15.7 Å². The van der Waals surface area contributed by atoms with Crippen molar-refractivity contribution in [1.82, 2.24) is 5.32 Å². The predicted molar refractivity (Wildman–Crippen MR) is 56.2 cm³/mol. The number of rotatable bonds is 1. The zero-order valence-electron chi connectivity index (χ0n) is 6.98. The molecule has 13 heavy (non-hydrogen) atoms. The third kappa shape index (κ3) is 1.62. The molecule has 0 aliphatic carbocycles. The number of nitrogens with one attached hydrogen (secondary N) is 1. The van der Waals surface area contributed by atoms with E-state index in [1.54, 1.807) is 0 Å².